The lowest BCUT2D eigenvalue weighted by Crippen LogP contribution is -2.16. The molecule has 1 atom stereocenters. The van der Waals surface area contributed by atoms with Crippen LogP contribution in [0.2, 0.25) is 0 Å². The fourth-order valence-corrected chi connectivity index (χ4v) is 3.45. The number of unbranched alkanes of at least 4 members (excludes halogenated alkanes) is 1. The smallest absolute Gasteiger partial charge is 0.338 e. The summed E-state index contributed by atoms with van der Waals surface area (Å²) in [6, 6.07) is 20.7. The monoisotopic (exact) mass is 461 g/mol. The van der Waals surface area contributed by atoms with E-state index in [9.17, 15) is 14.7 Å². The lowest BCUT2D eigenvalue weighted by Gasteiger charge is -2.21. The molecule has 0 saturated heterocycles. The van der Waals surface area contributed by atoms with Gasteiger partial charge < -0.3 is 19.9 Å². The number of esters is 1. The number of phenolic OH excluding ortho intramolecular Hbond substituents is 1. The predicted molar refractivity (Wildman–Crippen MR) is 133 cm³/mol. The number of rotatable bonds is 12. The van der Waals surface area contributed by atoms with Crippen molar-refractivity contribution in [1.82, 2.24) is 0 Å². The summed E-state index contributed by atoms with van der Waals surface area (Å²) < 4.78 is 10.8. The van der Waals surface area contributed by atoms with Gasteiger partial charge in [-0.25, -0.2) is 4.79 Å². The van der Waals surface area contributed by atoms with Crippen molar-refractivity contribution in [2.45, 2.75) is 39.2 Å². The Bertz CT molecular complexity index is 1060. The number of hydrogen-bond acceptors (Lipinski definition) is 6. The third kappa shape index (κ3) is 7.10. The van der Waals surface area contributed by atoms with Gasteiger partial charge in [-0.1, -0.05) is 25.5 Å². The van der Waals surface area contributed by atoms with Crippen molar-refractivity contribution in [3.05, 3.63) is 89.5 Å². The van der Waals surface area contributed by atoms with E-state index in [-0.39, 0.29) is 30.0 Å². The van der Waals surface area contributed by atoms with Gasteiger partial charge in [-0.2, -0.15) is 0 Å². The average molecular weight is 462 g/mol. The molecule has 1 unspecified atom stereocenters. The van der Waals surface area contributed by atoms with E-state index in [1.807, 2.05) is 24.3 Å². The quantitative estimate of drug-likeness (QED) is 0.190. The number of hydrogen-bond donors (Lipinski definition) is 2. The summed E-state index contributed by atoms with van der Waals surface area (Å²) in [4.78, 5) is 24.9. The molecule has 0 aromatic heterocycles. The normalized spacial score (nSPS) is 11.5. The summed E-state index contributed by atoms with van der Waals surface area (Å²) in [5.41, 5.74) is 2.71. The van der Waals surface area contributed by atoms with Crippen LogP contribution in [-0.2, 0) is 4.74 Å². The summed E-state index contributed by atoms with van der Waals surface area (Å²) >= 11 is 0. The lowest BCUT2D eigenvalue weighted by atomic mass is 9.97. The molecule has 0 bridgehead atoms. The summed E-state index contributed by atoms with van der Waals surface area (Å²) in [7, 11) is 0. The second kappa shape index (κ2) is 12.4. The maximum Gasteiger partial charge on any atom is 0.338 e. The molecule has 3 aromatic rings. The van der Waals surface area contributed by atoms with Crippen molar-refractivity contribution in [2.75, 3.05) is 18.5 Å². The fraction of sp³-hybridized carbons (Fsp3) is 0.286. The van der Waals surface area contributed by atoms with Gasteiger partial charge in [0.25, 0.3) is 0 Å². The first-order valence-electron chi connectivity index (χ1n) is 11.6. The molecule has 0 aliphatic rings. The molecule has 6 heteroatoms. The van der Waals surface area contributed by atoms with Crippen LogP contribution in [0.5, 0.6) is 11.5 Å². The zero-order valence-corrected chi connectivity index (χ0v) is 19.6. The van der Waals surface area contributed by atoms with Gasteiger partial charge in [0.05, 0.1) is 24.8 Å². The standard InChI is InChI=1S/C28H31NO5/c1-3-5-18-34-25-16-10-20(11-17-25)26(19-27(31)21-8-14-24(30)15-9-21)29-23-12-6-22(7-13-23)28(32)33-4-2/h6-17,26,29-30H,3-5,18-19H2,1-2H3. The topological polar surface area (TPSA) is 84.9 Å². The Labute approximate surface area is 200 Å². The molecule has 3 aromatic carbocycles. The molecule has 0 amide bonds. The molecular formula is C28H31NO5. The number of Topliss-reactive ketones (excluding diaryl/α,β-unsaturated/α-hetero) is 1. The third-order valence-electron chi connectivity index (χ3n) is 5.36. The number of carbonyl (C=O) groups is 2. The molecule has 34 heavy (non-hydrogen) atoms. The minimum atomic E-state index is -0.369. The minimum Gasteiger partial charge on any atom is -0.508 e. The van der Waals surface area contributed by atoms with Crippen molar-refractivity contribution in [3.8, 4) is 11.5 Å². The van der Waals surface area contributed by atoms with E-state index in [1.165, 1.54) is 12.1 Å². The third-order valence-corrected chi connectivity index (χ3v) is 5.36. The van der Waals surface area contributed by atoms with Gasteiger partial charge in [0, 0.05) is 17.7 Å². The number of phenols is 1. The molecule has 0 aliphatic carbocycles. The zero-order chi connectivity index (χ0) is 24.3. The maximum atomic E-state index is 13.0. The van der Waals surface area contributed by atoms with Crippen LogP contribution in [0.3, 0.4) is 0 Å². The van der Waals surface area contributed by atoms with Gasteiger partial charge >= 0.3 is 5.97 Å². The molecule has 0 radical (unpaired) electrons. The Morgan fingerprint density at radius 3 is 2.15 bits per heavy atom. The van der Waals surface area contributed by atoms with Gasteiger partial charge in [-0.05, 0) is 79.6 Å². The van der Waals surface area contributed by atoms with Crippen LogP contribution in [0, 0.1) is 0 Å². The van der Waals surface area contributed by atoms with E-state index in [4.69, 9.17) is 9.47 Å². The Hall–Kier alpha value is -3.80. The molecule has 0 fully saturated rings. The summed E-state index contributed by atoms with van der Waals surface area (Å²) in [5.74, 6) is 0.488. The molecule has 0 spiro atoms. The van der Waals surface area contributed by atoms with Gasteiger partial charge in [0.2, 0.25) is 0 Å². The summed E-state index contributed by atoms with van der Waals surface area (Å²) in [6.07, 6.45) is 2.27. The second-order valence-corrected chi connectivity index (χ2v) is 7.94. The van der Waals surface area contributed by atoms with Crippen LogP contribution in [0.15, 0.2) is 72.8 Å². The Morgan fingerprint density at radius 1 is 0.882 bits per heavy atom. The van der Waals surface area contributed by atoms with Crippen LogP contribution in [0.25, 0.3) is 0 Å². The highest BCUT2D eigenvalue weighted by Gasteiger charge is 2.18. The van der Waals surface area contributed by atoms with Gasteiger partial charge in [0.1, 0.15) is 11.5 Å². The Kier molecular flexibility index (Phi) is 9.09. The number of aromatic hydroxyl groups is 1. The van der Waals surface area contributed by atoms with E-state index in [0.717, 1.165) is 29.8 Å². The van der Waals surface area contributed by atoms with Crippen molar-refractivity contribution in [2.24, 2.45) is 0 Å². The number of ketones is 1. The highest BCUT2D eigenvalue weighted by Crippen LogP contribution is 2.27. The van der Waals surface area contributed by atoms with Gasteiger partial charge in [-0.15, -0.1) is 0 Å². The number of anilines is 1. The van der Waals surface area contributed by atoms with Crippen LogP contribution >= 0.6 is 0 Å². The number of benzene rings is 3. The molecule has 0 heterocycles. The van der Waals surface area contributed by atoms with Crippen molar-refractivity contribution in [1.29, 1.82) is 0 Å². The SMILES string of the molecule is CCCCOc1ccc(C(CC(=O)c2ccc(O)cc2)Nc2ccc(C(=O)OCC)cc2)cc1. The van der Waals surface area contributed by atoms with Crippen LogP contribution < -0.4 is 10.1 Å². The Morgan fingerprint density at radius 2 is 1.53 bits per heavy atom. The first-order chi connectivity index (χ1) is 16.5. The summed E-state index contributed by atoms with van der Waals surface area (Å²) in [5, 5.41) is 12.9. The second-order valence-electron chi connectivity index (χ2n) is 7.94. The molecule has 3 rings (SSSR count). The Balaban J connectivity index is 1.79. The molecule has 0 aliphatic heterocycles. The largest absolute Gasteiger partial charge is 0.508 e. The van der Waals surface area contributed by atoms with Crippen LogP contribution in [0.1, 0.15) is 65.4 Å². The summed E-state index contributed by atoms with van der Waals surface area (Å²) in [6.45, 7) is 4.87. The van der Waals surface area contributed by atoms with Crippen molar-refractivity contribution in [3.63, 3.8) is 0 Å². The minimum absolute atomic E-state index is 0.0519. The van der Waals surface area contributed by atoms with E-state index < -0.39 is 0 Å². The van der Waals surface area contributed by atoms with Crippen molar-refractivity contribution < 1.29 is 24.2 Å². The average Bonchev–Trinajstić information content (AvgIpc) is 2.85. The van der Waals surface area contributed by atoms with Gasteiger partial charge in [-0.3, -0.25) is 4.79 Å². The lowest BCUT2D eigenvalue weighted by molar-refractivity contribution is 0.0526. The molecule has 178 valence electrons. The highest BCUT2D eigenvalue weighted by molar-refractivity contribution is 5.97. The van der Waals surface area contributed by atoms with Gasteiger partial charge in [0.15, 0.2) is 5.78 Å². The number of nitrogens with one attached hydrogen (secondary N) is 1. The highest BCUT2D eigenvalue weighted by atomic mass is 16.5. The van der Waals surface area contributed by atoms with E-state index >= 15 is 0 Å². The van der Waals surface area contributed by atoms with Crippen LogP contribution in [-0.4, -0.2) is 30.1 Å². The molecule has 6 nitrogen and oxygen atoms in total. The molecule has 2 N–H and O–H groups in total. The number of ether oxygens (including phenoxy) is 2. The first-order valence-corrected chi connectivity index (χ1v) is 11.6. The van der Waals surface area contributed by atoms with Crippen molar-refractivity contribution >= 4 is 17.4 Å². The number of carbonyl (C=O) groups excluding carboxylic acids is 2. The van der Waals surface area contributed by atoms with E-state index in [0.29, 0.717) is 24.3 Å². The zero-order valence-electron chi connectivity index (χ0n) is 19.6. The van der Waals surface area contributed by atoms with E-state index in [2.05, 4.69) is 12.2 Å². The van der Waals surface area contributed by atoms with Crippen LogP contribution in [0.4, 0.5) is 5.69 Å². The maximum absolute atomic E-state index is 13.0. The fourth-order valence-electron chi connectivity index (χ4n) is 3.45. The van der Waals surface area contributed by atoms with E-state index in [1.54, 1.807) is 43.3 Å². The molecular weight excluding hydrogens is 430 g/mol. The predicted octanol–water partition coefficient (Wildman–Crippen LogP) is 6.17. The molecule has 0 saturated carbocycles. The first kappa shape index (κ1) is 24.8.